The molecular weight excluding hydrogens is 380 g/mol. The van der Waals surface area contributed by atoms with E-state index in [-0.39, 0.29) is 22.4 Å². The van der Waals surface area contributed by atoms with Crippen molar-refractivity contribution in [2.24, 2.45) is 28.1 Å². The summed E-state index contributed by atoms with van der Waals surface area (Å²) in [4.78, 5) is 12.6. The average molecular weight is 423 g/mol. The van der Waals surface area contributed by atoms with Gasteiger partial charge in [-0.2, -0.15) is 0 Å². The summed E-state index contributed by atoms with van der Waals surface area (Å²) in [5.74, 6) is 1.31. The van der Waals surface area contributed by atoms with Gasteiger partial charge in [-0.05, 0) is 78.9 Å². The third-order valence-electron chi connectivity index (χ3n) is 10.0. The number of unbranched alkanes of at least 4 members (excludes halogenated alkanes) is 1. The van der Waals surface area contributed by atoms with Gasteiger partial charge < -0.3 is 5.11 Å². The summed E-state index contributed by atoms with van der Waals surface area (Å²) in [6, 6.07) is 0. The zero-order chi connectivity index (χ0) is 22.6. The molecule has 0 aromatic rings. The molecule has 2 fully saturated rings. The molecule has 2 heteroatoms. The van der Waals surface area contributed by atoms with E-state index in [4.69, 9.17) is 0 Å². The van der Waals surface area contributed by atoms with Gasteiger partial charge in [0.25, 0.3) is 0 Å². The highest BCUT2D eigenvalue weighted by atomic mass is 16.3. The maximum absolute atomic E-state index is 12.6. The molecule has 5 atom stereocenters. The van der Waals surface area contributed by atoms with Crippen molar-refractivity contribution in [3.63, 3.8) is 0 Å². The second-order valence-electron chi connectivity index (χ2n) is 11.7. The standard InChI is InChI=1S/C29H42O2/c1-7-8-14-29(6)25-13-12-22-20(3)26(31)24(30)18-23(22)27(25,4)15-16-28(29,5)21-11-9-10-19(2)17-21/h12-13,18-19,21,31H,7-11,14-17H2,1-6H3/t19-,21-,27-,28-,29+/m0/s1. The minimum absolute atomic E-state index is 0.0824. The average Bonchev–Trinajstić information content (AvgIpc) is 2.74. The molecule has 0 aromatic carbocycles. The van der Waals surface area contributed by atoms with E-state index in [2.05, 4.69) is 46.8 Å². The van der Waals surface area contributed by atoms with Gasteiger partial charge in [0, 0.05) is 11.0 Å². The highest BCUT2D eigenvalue weighted by molar-refractivity contribution is 6.06. The molecule has 0 bridgehead atoms. The van der Waals surface area contributed by atoms with Gasteiger partial charge in [0.05, 0.1) is 0 Å². The lowest BCUT2D eigenvalue weighted by atomic mass is 9.41. The lowest BCUT2D eigenvalue weighted by molar-refractivity contribution is -0.113. The number of ketones is 1. The quantitative estimate of drug-likeness (QED) is 0.498. The lowest BCUT2D eigenvalue weighted by Gasteiger charge is -2.63. The summed E-state index contributed by atoms with van der Waals surface area (Å²) < 4.78 is 0. The van der Waals surface area contributed by atoms with Crippen molar-refractivity contribution in [1.82, 2.24) is 0 Å². The van der Waals surface area contributed by atoms with Crippen molar-refractivity contribution in [2.75, 3.05) is 0 Å². The molecule has 0 amide bonds. The second-order valence-corrected chi connectivity index (χ2v) is 11.7. The predicted octanol–water partition coefficient (Wildman–Crippen LogP) is 8.02. The number of rotatable bonds is 4. The molecule has 0 spiro atoms. The number of carbonyl (C=O) groups excluding carboxylic acids is 1. The number of allylic oxidation sites excluding steroid dienone is 7. The summed E-state index contributed by atoms with van der Waals surface area (Å²) in [5, 5.41) is 10.3. The van der Waals surface area contributed by atoms with Crippen molar-refractivity contribution >= 4 is 5.78 Å². The van der Waals surface area contributed by atoms with Crippen molar-refractivity contribution in [3.8, 4) is 0 Å². The molecule has 1 N–H and O–H groups in total. The summed E-state index contributed by atoms with van der Waals surface area (Å²) in [5.41, 5.74) is 4.79. The first kappa shape index (κ1) is 22.6. The van der Waals surface area contributed by atoms with Crippen molar-refractivity contribution in [2.45, 2.75) is 99.3 Å². The lowest BCUT2D eigenvalue weighted by Crippen LogP contribution is -2.54. The van der Waals surface area contributed by atoms with Crippen LogP contribution in [0.25, 0.3) is 0 Å². The van der Waals surface area contributed by atoms with Crippen LogP contribution in [-0.2, 0) is 4.79 Å². The molecule has 0 radical (unpaired) electrons. The summed E-state index contributed by atoms with van der Waals surface area (Å²) in [6.45, 7) is 14.2. The Bertz CT molecular complexity index is 900. The molecule has 0 aromatic heterocycles. The van der Waals surface area contributed by atoms with E-state index in [0.717, 1.165) is 35.0 Å². The zero-order valence-corrected chi connectivity index (χ0v) is 20.6. The largest absolute Gasteiger partial charge is 0.504 e. The first-order valence-corrected chi connectivity index (χ1v) is 12.7. The minimum atomic E-state index is -0.225. The molecule has 4 rings (SSSR count). The Morgan fingerprint density at radius 2 is 1.87 bits per heavy atom. The van der Waals surface area contributed by atoms with Crippen LogP contribution >= 0.6 is 0 Å². The molecule has 31 heavy (non-hydrogen) atoms. The third kappa shape index (κ3) is 3.23. The SMILES string of the molecule is CCCC[C@]1(C)C2=CC=C3C(=CC(=O)C(O)=C3C)[C@]2(C)CC[C@@]1(C)[C@H]1CCC[C@H](C)C1. The Hall–Kier alpha value is -1.57. The van der Waals surface area contributed by atoms with E-state index in [9.17, 15) is 9.90 Å². The Morgan fingerprint density at radius 3 is 2.55 bits per heavy atom. The van der Waals surface area contributed by atoms with Crippen molar-refractivity contribution in [1.29, 1.82) is 0 Å². The molecule has 170 valence electrons. The van der Waals surface area contributed by atoms with Crippen LogP contribution in [0.3, 0.4) is 0 Å². The molecule has 0 heterocycles. The van der Waals surface area contributed by atoms with E-state index in [1.165, 1.54) is 56.9 Å². The van der Waals surface area contributed by atoms with Crippen LogP contribution < -0.4 is 0 Å². The van der Waals surface area contributed by atoms with Gasteiger partial charge in [0.1, 0.15) is 0 Å². The van der Waals surface area contributed by atoms with E-state index in [1.807, 2.05) is 6.92 Å². The summed E-state index contributed by atoms with van der Waals surface area (Å²) in [6.07, 6.45) is 17.8. The van der Waals surface area contributed by atoms with E-state index in [1.54, 1.807) is 6.08 Å². The third-order valence-corrected chi connectivity index (χ3v) is 10.0. The maximum Gasteiger partial charge on any atom is 0.220 e. The summed E-state index contributed by atoms with van der Waals surface area (Å²) >= 11 is 0. The van der Waals surface area contributed by atoms with Gasteiger partial charge in [-0.15, -0.1) is 0 Å². The molecule has 2 saturated carbocycles. The van der Waals surface area contributed by atoms with Gasteiger partial charge in [0.15, 0.2) is 5.76 Å². The molecule has 0 unspecified atom stereocenters. The highest BCUT2D eigenvalue weighted by Crippen LogP contribution is 2.69. The minimum Gasteiger partial charge on any atom is -0.504 e. The Kier molecular flexibility index (Phi) is 5.68. The normalized spacial score (nSPS) is 40.6. The van der Waals surface area contributed by atoms with Crippen molar-refractivity contribution in [3.05, 3.63) is 46.3 Å². The van der Waals surface area contributed by atoms with Gasteiger partial charge in [-0.25, -0.2) is 0 Å². The number of carbonyl (C=O) groups is 1. The van der Waals surface area contributed by atoms with Crippen LogP contribution in [0.5, 0.6) is 0 Å². The Morgan fingerprint density at radius 1 is 1.13 bits per heavy atom. The first-order chi connectivity index (χ1) is 14.6. The van der Waals surface area contributed by atoms with Crippen LogP contribution in [0.4, 0.5) is 0 Å². The molecule has 2 nitrogen and oxygen atoms in total. The fraction of sp³-hybridized carbons (Fsp3) is 0.690. The Balaban J connectivity index is 1.85. The van der Waals surface area contributed by atoms with Gasteiger partial charge in [0.2, 0.25) is 5.78 Å². The second kappa shape index (κ2) is 7.78. The predicted molar refractivity (Wildman–Crippen MR) is 129 cm³/mol. The number of hydrogen-bond acceptors (Lipinski definition) is 2. The number of fused-ring (bicyclic) bond motifs is 3. The number of aliphatic hydroxyl groups is 1. The van der Waals surface area contributed by atoms with Gasteiger partial charge >= 0.3 is 0 Å². The van der Waals surface area contributed by atoms with Crippen LogP contribution in [0, 0.1) is 28.1 Å². The summed E-state index contributed by atoms with van der Waals surface area (Å²) in [7, 11) is 0. The molecule has 4 aliphatic carbocycles. The number of hydrogen-bond donors (Lipinski definition) is 1. The first-order valence-electron chi connectivity index (χ1n) is 12.7. The van der Waals surface area contributed by atoms with Crippen LogP contribution in [-0.4, -0.2) is 10.9 Å². The van der Waals surface area contributed by atoms with Gasteiger partial charge in [-0.3, -0.25) is 4.79 Å². The van der Waals surface area contributed by atoms with E-state index >= 15 is 0 Å². The molecule has 0 aliphatic heterocycles. The zero-order valence-electron chi connectivity index (χ0n) is 20.6. The Labute approximate surface area is 189 Å². The van der Waals surface area contributed by atoms with Crippen LogP contribution in [0.15, 0.2) is 46.3 Å². The van der Waals surface area contributed by atoms with Crippen molar-refractivity contribution < 1.29 is 9.90 Å². The molecular formula is C29H42O2. The highest BCUT2D eigenvalue weighted by Gasteiger charge is 2.59. The fourth-order valence-corrected chi connectivity index (χ4v) is 7.73. The number of aliphatic hydroxyl groups excluding tert-OH is 1. The topological polar surface area (TPSA) is 37.3 Å². The molecule has 4 aliphatic rings. The van der Waals surface area contributed by atoms with Gasteiger partial charge in [-0.1, -0.05) is 78.0 Å². The monoisotopic (exact) mass is 422 g/mol. The van der Waals surface area contributed by atoms with E-state index < -0.39 is 0 Å². The smallest absolute Gasteiger partial charge is 0.220 e. The maximum atomic E-state index is 12.6. The fourth-order valence-electron chi connectivity index (χ4n) is 7.73. The van der Waals surface area contributed by atoms with E-state index in [0.29, 0.717) is 5.41 Å². The van der Waals surface area contributed by atoms with Crippen LogP contribution in [0.1, 0.15) is 99.3 Å². The molecule has 0 saturated heterocycles. The van der Waals surface area contributed by atoms with Crippen LogP contribution in [0.2, 0.25) is 0 Å².